The molecule has 30 heavy (non-hydrogen) atoms. The molecule has 0 fully saturated rings. The van der Waals surface area contributed by atoms with E-state index in [1.807, 2.05) is 0 Å². The van der Waals surface area contributed by atoms with E-state index in [-0.39, 0.29) is 12.5 Å². The largest absolute Gasteiger partial charge is 0.479 e. The van der Waals surface area contributed by atoms with Crippen molar-refractivity contribution in [3.05, 3.63) is 40.4 Å². The van der Waals surface area contributed by atoms with Crippen molar-refractivity contribution in [2.75, 3.05) is 18.1 Å². The zero-order valence-electron chi connectivity index (χ0n) is 17.8. The van der Waals surface area contributed by atoms with Gasteiger partial charge in [0.05, 0.1) is 17.9 Å². The van der Waals surface area contributed by atoms with Crippen molar-refractivity contribution in [3.63, 3.8) is 0 Å². The average molecular weight is 430 g/mol. The molecule has 0 radical (unpaired) electrons. The van der Waals surface area contributed by atoms with Gasteiger partial charge in [-0.2, -0.15) is 5.26 Å². The van der Waals surface area contributed by atoms with E-state index in [0.29, 0.717) is 33.6 Å². The van der Waals surface area contributed by atoms with E-state index >= 15 is 0 Å². The molecule has 0 N–H and O–H groups in total. The number of thiazole rings is 1. The SMILES string of the molecule is CCCCCN(C(=O)C(C)Oc1ccccc1C#N)c1nc(C)c(C(=O)OCC)s1. The van der Waals surface area contributed by atoms with Crippen molar-refractivity contribution in [1.82, 2.24) is 4.98 Å². The number of aromatic nitrogens is 1. The number of esters is 1. The van der Waals surface area contributed by atoms with Gasteiger partial charge in [0.25, 0.3) is 5.91 Å². The van der Waals surface area contributed by atoms with Crippen LogP contribution in [0.15, 0.2) is 24.3 Å². The van der Waals surface area contributed by atoms with E-state index in [9.17, 15) is 14.9 Å². The van der Waals surface area contributed by atoms with Crippen LogP contribution in [-0.2, 0) is 9.53 Å². The number of carbonyl (C=O) groups excluding carboxylic acids is 2. The van der Waals surface area contributed by atoms with Crippen LogP contribution in [-0.4, -0.2) is 36.1 Å². The van der Waals surface area contributed by atoms with Gasteiger partial charge in [-0.1, -0.05) is 43.2 Å². The second-order valence-electron chi connectivity index (χ2n) is 6.70. The molecule has 2 aromatic rings. The van der Waals surface area contributed by atoms with Crippen molar-refractivity contribution < 1.29 is 19.1 Å². The van der Waals surface area contributed by atoms with Gasteiger partial charge in [-0.3, -0.25) is 9.69 Å². The molecular weight excluding hydrogens is 402 g/mol. The first kappa shape index (κ1) is 23.4. The predicted molar refractivity (Wildman–Crippen MR) is 116 cm³/mol. The maximum Gasteiger partial charge on any atom is 0.350 e. The van der Waals surface area contributed by atoms with Crippen LogP contribution in [0.1, 0.15) is 61.0 Å². The molecule has 1 amide bonds. The molecule has 0 bridgehead atoms. The summed E-state index contributed by atoms with van der Waals surface area (Å²) in [6.07, 6.45) is 1.95. The van der Waals surface area contributed by atoms with Crippen LogP contribution in [0.5, 0.6) is 5.75 Å². The summed E-state index contributed by atoms with van der Waals surface area (Å²) in [4.78, 5) is 31.8. The Kier molecular flexibility index (Phi) is 8.81. The second kappa shape index (κ2) is 11.3. The third-order valence-corrected chi connectivity index (χ3v) is 5.55. The Bertz CT molecular complexity index is 919. The fourth-order valence-electron chi connectivity index (χ4n) is 2.83. The van der Waals surface area contributed by atoms with Crippen molar-refractivity contribution in [3.8, 4) is 11.8 Å². The van der Waals surface area contributed by atoms with Crippen molar-refractivity contribution in [1.29, 1.82) is 5.26 Å². The quantitative estimate of drug-likeness (QED) is 0.408. The van der Waals surface area contributed by atoms with Gasteiger partial charge in [0.1, 0.15) is 16.7 Å². The highest BCUT2D eigenvalue weighted by Gasteiger charge is 2.28. The predicted octanol–water partition coefficient (Wildman–Crippen LogP) is 4.49. The molecule has 1 heterocycles. The molecule has 0 aliphatic carbocycles. The molecule has 1 unspecified atom stereocenters. The van der Waals surface area contributed by atoms with Gasteiger partial charge in [-0.05, 0) is 39.3 Å². The molecule has 0 saturated heterocycles. The van der Waals surface area contributed by atoms with Gasteiger partial charge in [0, 0.05) is 6.54 Å². The molecule has 8 heteroatoms. The van der Waals surface area contributed by atoms with Gasteiger partial charge in [-0.25, -0.2) is 9.78 Å². The Balaban J connectivity index is 2.27. The molecule has 1 aromatic carbocycles. The molecule has 0 saturated carbocycles. The number of amides is 1. The fraction of sp³-hybridized carbons (Fsp3) is 0.455. The topological polar surface area (TPSA) is 92.5 Å². The molecule has 160 valence electrons. The smallest absolute Gasteiger partial charge is 0.350 e. The van der Waals surface area contributed by atoms with Crippen LogP contribution in [0.4, 0.5) is 5.13 Å². The second-order valence-corrected chi connectivity index (χ2v) is 7.67. The van der Waals surface area contributed by atoms with Crippen LogP contribution in [0.25, 0.3) is 0 Å². The number of unbranched alkanes of at least 4 members (excludes halogenated alkanes) is 2. The fourth-order valence-corrected chi connectivity index (χ4v) is 3.82. The zero-order valence-corrected chi connectivity index (χ0v) is 18.6. The number of carbonyl (C=O) groups is 2. The van der Waals surface area contributed by atoms with E-state index in [1.54, 1.807) is 49.9 Å². The summed E-state index contributed by atoms with van der Waals surface area (Å²) >= 11 is 1.14. The number of anilines is 1. The highest BCUT2D eigenvalue weighted by molar-refractivity contribution is 7.17. The summed E-state index contributed by atoms with van der Waals surface area (Å²) in [6.45, 7) is 7.94. The summed E-state index contributed by atoms with van der Waals surface area (Å²) in [5.74, 6) is -0.355. The zero-order chi connectivity index (χ0) is 22.1. The van der Waals surface area contributed by atoms with Crippen LogP contribution in [0, 0.1) is 18.3 Å². The molecule has 1 aromatic heterocycles. The monoisotopic (exact) mass is 429 g/mol. The standard InChI is InChI=1S/C22H27N3O4S/c1-5-7-10-13-25(22-24-15(3)19(30-22)21(27)28-6-2)20(26)16(4)29-18-12-9-8-11-17(18)14-23/h8-9,11-12,16H,5-7,10,13H2,1-4H3. The third-order valence-electron chi connectivity index (χ3n) is 4.39. The Morgan fingerprint density at radius 3 is 2.67 bits per heavy atom. The van der Waals surface area contributed by atoms with Gasteiger partial charge >= 0.3 is 5.97 Å². The van der Waals surface area contributed by atoms with Crippen molar-refractivity contribution >= 4 is 28.3 Å². The number of hydrogen-bond donors (Lipinski definition) is 0. The first-order valence-electron chi connectivity index (χ1n) is 10.0. The summed E-state index contributed by atoms with van der Waals surface area (Å²) in [5, 5.41) is 9.70. The van der Waals surface area contributed by atoms with Crippen molar-refractivity contribution in [2.24, 2.45) is 0 Å². The molecule has 0 aliphatic heterocycles. The maximum atomic E-state index is 13.2. The van der Waals surface area contributed by atoms with E-state index in [1.165, 1.54) is 0 Å². The Morgan fingerprint density at radius 1 is 1.27 bits per heavy atom. The minimum atomic E-state index is -0.823. The van der Waals surface area contributed by atoms with Crippen LogP contribution in [0.3, 0.4) is 0 Å². The number of hydrogen-bond acceptors (Lipinski definition) is 7. The number of ether oxygens (including phenoxy) is 2. The van der Waals surface area contributed by atoms with Gasteiger partial charge in [0.15, 0.2) is 11.2 Å². The lowest BCUT2D eigenvalue weighted by molar-refractivity contribution is -0.124. The van der Waals surface area contributed by atoms with Gasteiger partial charge in [-0.15, -0.1) is 0 Å². The van der Waals surface area contributed by atoms with E-state index in [4.69, 9.17) is 9.47 Å². The summed E-state index contributed by atoms with van der Waals surface area (Å²) in [7, 11) is 0. The van der Waals surface area contributed by atoms with Gasteiger partial charge in [0.2, 0.25) is 0 Å². The van der Waals surface area contributed by atoms with Crippen LogP contribution in [0.2, 0.25) is 0 Å². The lowest BCUT2D eigenvalue weighted by Crippen LogP contribution is -2.41. The molecule has 0 spiro atoms. The normalized spacial score (nSPS) is 11.4. The lowest BCUT2D eigenvalue weighted by Gasteiger charge is -2.24. The van der Waals surface area contributed by atoms with Gasteiger partial charge < -0.3 is 9.47 Å². The minimum absolute atomic E-state index is 0.272. The molecule has 7 nitrogen and oxygen atoms in total. The summed E-state index contributed by atoms with van der Waals surface area (Å²) in [6, 6.07) is 8.86. The highest BCUT2D eigenvalue weighted by Crippen LogP contribution is 2.28. The number of para-hydroxylation sites is 1. The van der Waals surface area contributed by atoms with Crippen LogP contribution >= 0.6 is 11.3 Å². The van der Waals surface area contributed by atoms with E-state index < -0.39 is 12.1 Å². The minimum Gasteiger partial charge on any atom is -0.479 e. The number of nitrogens with zero attached hydrogens (tertiary/aromatic N) is 3. The highest BCUT2D eigenvalue weighted by atomic mass is 32.1. The average Bonchev–Trinajstić information content (AvgIpc) is 3.12. The first-order valence-corrected chi connectivity index (χ1v) is 10.9. The number of nitriles is 1. The maximum absolute atomic E-state index is 13.2. The Labute approximate surface area is 181 Å². The lowest BCUT2D eigenvalue weighted by atomic mass is 10.2. The number of rotatable bonds is 10. The van der Waals surface area contributed by atoms with E-state index in [2.05, 4.69) is 18.0 Å². The Hall–Kier alpha value is -2.92. The molecular formula is C22H27N3O4S. The Morgan fingerprint density at radius 2 is 2.00 bits per heavy atom. The van der Waals surface area contributed by atoms with E-state index in [0.717, 1.165) is 30.6 Å². The number of aryl methyl sites for hydroxylation is 1. The molecule has 0 aliphatic rings. The summed E-state index contributed by atoms with van der Waals surface area (Å²) in [5.41, 5.74) is 0.898. The molecule has 2 rings (SSSR count). The van der Waals surface area contributed by atoms with Crippen LogP contribution < -0.4 is 9.64 Å². The third kappa shape index (κ3) is 5.80. The number of benzene rings is 1. The summed E-state index contributed by atoms with van der Waals surface area (Å²) < 4.78 is 10.9. The van der Waals surface area contributed by atoms with Crippen molar-refractivity contribution in [2.45, 2.75) is 53.1 Å². The first-order chi connectivity index (χ1) is 14.4. The molecule has 1 atom stereocenters.